The fourth-order valence-electron chi connectivity index (χ4n) is 2.11. The van der Waals surface area contributed by atoms with Gasteiger partial charge in [-0.25, -0.2) is 0 Å². The Morgan fingerprint density at radius 3 is 2.55 bits per heavy atom. The van der Waals surface area contributed by atoms with Gasteiger partial charge in [-0.2, -0.15) is 0 Å². The minimum Gasteiger partial charge on any atom is -0.481 e. The summed E-state index contributed by atoms with van der Waals surface area (Å²) in [4.78, 5) is 24.5. The first kappa shape index (κ1) is 17.2. The van der Waals surface area contributed by atoms with Crippen molar-refractivity contribution >= 4 is 52.6 Å². The van der Waals surface area contributed by atoms with Crippen molar-refractivity contribution in [2.75, 3.05) is 25.0 Å². The van der Waals surface area contributed by atoms with E-state index in [0.29, 0.717) is 19.5 Å². The molecular weight excluding hydrogens is 395 g/mol. The van der Waals surface area contributed by atoms with E-state index < -0.39 is 5.97 Å². The van der Waals surface area contributed by atoms with Crippen LogP contribution in [0.4, 0.5) is 5.69 Å². The van der Waals surface area contributed by atoms with Gasteiger partial charge in [0.15, 0.2) is 0 Å². The van der Waals surface area contributed by atoms with E-state index in [2.05, 4.69) is 27.9 Å². The predicted molar refractivity (Wildman–Crippen MR) is 87.2 cm³/mol. The number of aliphatic carboxylic acids is 1. The monoisotopic (exact) mass is 410 g/mol. The fraction of sp³-hybridized carbons (Fsp3) is 0.385. The summed E-state index contributed by atoms with van der Waals surface area (Å²) in [7, 11) is 0. The molecule has 1 aromatic rings. The number of hydrogen-bond donors (Lipinski definition) is 2. The number of carboxylic acid groups (broad SMARTS) is 1. The highest BCUT2D eigenvalue weighted by Crippen LogP contribution is 2.16. The van der Waals surface area contributed by atoms with E-state index in [0.717, 1.165) is 9.26 Å². The van der Waals surface area contributed by atoms with Crippen molar-refractivity contribution in [2.45, 2.75) is 6.42 Å². The van der Waals surface area contributed by atoms with E-state index >= 15 is 0 Å². The number of carboxylic acids is 1. The van der Waals surface area contributed by atoms with Gasteiger partial charge in [0.2, 0.25) is 5.91 Å². The third-order valence-electron chi connectivity index (χ3n) is 3.12. The molecule has 1 heterocycles. The number of carbonyl (C=O) groups excluding carboxylic acids is 1. The van der Waals surface area contributed by atoms with Crippen LogP contribution in [0.2, 0.25) is 0 Å². The first-order valence-corrected chi connectivity index (χ1v) is 7.13. The predicted octanol–water partition coefficient (Wildman–Crippen LogP) is 2.06. The highest BCUT2D eigenvalue weighted by molar-refractivity contribution is 14.1. The number of carbonyl (C=O) groups is 2. The average Bonchev–Trinajstić information content (AvgIpc) is 2.80. The lowest BCUT2D eigenvalue weighted by Crippen LogP contribution is -2.32. The second-order valence-electron chi connectivity index (χ2n) is 4.61. The Hall–Kier alpha value is -0.860. The standard InChI is InChI=1S/C13H15IN2O3.ClH/c14-10-1-3-11(4-2-10)15-12(17)8-16-6-5-9(7-16)13(18)19;/h1-4,9H,5-8H2,(H,15,17)(H,18,19);1H. The van der Waals surface area contributed by atoms with Gasteiger partial charge in [0.25, 0.3) is 0 Å². The van der Waals surface area contributed by atoms with Crippen LogP contribution in [0.5, 0.6) is 0 Å². The number of nitrogens with one attached hydrogen (secondary N) is 1. The van der Waals surface area contributed by atoms with Gasteiger partial charge in [0.05, 0.1) is 12.5 Å². The van der Waals surface area contributed by atoms with Gasteiger partial charge < -0.3 is 10.4 Å². The molecule has 0 radical (unpaired) electrons. The van der Waals surface area contributed by atoms with Crippen LogP contribution in [0.1, 0.15) is 6.42 Å². The molecule has 110 valence electrons. The maximum Gasteiger partial charge on any atom is 0.307 e. The number of anilines is 1. The summed E-state index contributed by atoms with van der Waals surface area (Å²) >= 11 is 2.20. The summed E-state index contributed by atoms with van der Waals surface area (Å²) in [5, 5.41) is 11.7. The molecule has 1 saturated heterocycles. The first-order valence-electron chi connectivity index (χ1n) is 6.05. The number of nitrogens with zero attached hydrogens (tertiary/aromatic N) is 1. The molecule has 0 bridgehead atoms. The zero-order chi connectivity index (χ0) is 13.8. The molecule has 0 aromatic heterocycles. The van der Waals surface area contributed by atoms with Gasteiger partial charge in [-0.3, -0.25) is 14.5 Å². The van der Waals surface area contributed by atoms with Gasteiger partial charge in [0, 0.05) is 15.8 Å². The Morgan fingerprint density at radius 2 is 2.00 bits per heavy atom. The molecule has 0 saturated carbocycles. The minimum absolute atomic E-state index is 0. The summed E-state index contributed by atoms with van der Waals surface area (Å²) in [5.74, 6) is -1.22. The van der Waals surface area contributed by atoms with Crippen molar-refractivity contribution in [2.24, 2.45) is 5.92 Å². The molecule has 0 aliphatic carbocycles. The molecule has 20 heavy (non-hydrogen) atoms. The topological polar surface area (TPSA) is 69.6 Å². The minimum atomic E-state index is -0.777. The maximum atomic E-state index is 11.8. The third kappa shape index (κ3) is 4.92. The first-order chi connectivity index (χ1) is 9.04. The summed E-state index contributed by atoms with van der Waals surface area (Å²) < 4.78 is 1.11. The molecule has 1 unspecified atom stereocenters. The number of benzene rings is 1. The number of amides is 1. The van der Waals surface area contributed by atoms with Gasteiger partial charge in [-0.15, -0.1) is 12.4 Å². The lowest BCUT2D eigenvalue weighted by molar-refractivity contribution is -0.141. The zero-order valence-corrected chi connectivity index (χ0v) is 13.7. The third-order valence-corrected chi connectivity index (χ3v) is 3.84. The van der Waals surface area contributed by atoms with Crippen LogP contribution in [-0.2, 0) is 9.59 Å². The summed E-state index contributed by atoms with van der Waals surface area (Å²) in [6.07, 6.45) is 0.617. The lowest BCUT2D eigenvalue weighted by Gasteiger charge is -2.14. The van der Waals surface area contributed by atoms with Crippen LogP contribution in [0.25, 0.3) is 0 Å². The van der Waals surface area contributed by atoms with Crippen molar-refractivity contribution in [1.29, 1.82) is 0 Å². The van der Waals surface area contributed by atoms with Crippen LogP contribution in [-0.4, -0.2) is 41.5 Å². The molecule has 1 fully saturated rings. The Morgan fingerprint density at radius 1 is 1.35 bits per heavy atom. The van der Waals surface area contributed by atoms with E-state index in [-0.39, 0.29) is 30.8 Å². The fourth-order valence-corrected chi connectivity index (χ4v) is 2.47. The molecular formula is C13H16ClIN2O3. The number of likely N-dealkylation sites (tertiary alicyclic amines) is 1. The van der Waals surface area contributed by atoms with Crippen molar-refractivity contribution < 1.29 is 14.7 Å². The second-order valence-corrected chi connectivity index (χ2v) is 5.86. The smallest absolute Gasteiger partial charge is 0.307 e. The summed E-state index contributed by atoms with van der Waals surface area (Å²) in [6, 6.07) is 7.55. The number of halogens is 2. The van der Waals surface area contributed by atoms with Crippen molar-refractivity contribution in [3.05, 3.63) is 27.8 Å². The van der Waals surface area contributed by atoms with Gasteiger partial charge in [-0.05, 0) is 59.8 Å². The van der Waals surface area contributed by atoms with Crippen LogP contribution < -0.4 is 5.32 Å². The summed E-state index contributed by atoms with van der Waals surface area (Å²) in [6.45, 7) is 1.36. The van der Waals surface area contributed by atoms with Gasteiger partial charge in [-0.1, -0.05) is 0 Å². The molecule has 1 aliphatic heterocycles. The van der Waals surface area contributed by atoms with Crippen LogP contribution in [0, 0.1) is 9.49 Å². The molecule has 2 N–H and O–H groups in total. The number of rotatable bonds is 4. The highest BCUT2D eigenvalue weighted by Gasteiger charge is 2.28. The molecule has 5 nitrogen and oxygen atoms in total. The van der Waals surface area contributed by atoms with Gasteiger partial charge >= 0.3 is 5.97 Å². The Bertz CT molecular complexity index is 481. The molecule has 2 rings (SSSR count). The van der Waals surface area contributed by atoms with Crippen LogP contribution >= 0.6 is 35.0 Å². The number of hydrogen-bond acceptors (Lipinski definition) is 3. The molecule has 1 aliphatic rings. The van der Waals surface area contributed by atoms with E-state index in [1.807, 2.05) is 29.2 Å². The Labute approximate surface area is 137 Å². The molecule has 1 aromatic carbocycles. The Kier molecular flexibility index (Phi) is 6.70. The Balaban J connectivity index is 0.00000200. The normalized spacial score (nSPS) is 18.4. The lowest BCUT2D eigenvalue weighted by atomic mass is 10.1. The van der Waals surface area contributed by atoms with E-state index in [1.165, 1.54) is 0 Å². The van der Waals surface area contributed by atoms with Crippen LogP contribution in [0.15, 0.2) is 24.3 Å². The van der Waals surface area contributed by atoms with E-state index in [4.69, 9.17) is 5.11 Å². The largest absolute Gasteiger partial charge is 0.481 e. The van der Waals surface area contributed by atoms with E-state index in [1.54, 1.807) is 0 Å². The molecule has 1 atom stereocenters. The van der Waals surface area contributed by atoms with E-state index in [9.17, 15) is 9.59 Å². The highest BCUT2D eigenvalue weighted by atomic mass is 127. The average molecular weight is 411 g/mol. The van der Waals surface area contributed by atoms with Crippen LogP contribution in [0.3, 0.4) is 0 Å². The molecule has 7 heteroatoms. The second kappa shape index (κ2) is 7.80. The molecule has 0 spiro atoms. The SMILES string of the molecule is Cl.O=C(CN1CCC(C(=O)O)C1)Nc1ccc(I)cc1. The van der Waals surface area contributed by atoms with Crippen molar-refractivity contribution in [1.82, 2.24) is 4.90 Å². The van der Waals surface area contributed by atoms with Crippen molar-refractivity contribution in [3.63, 3.8) is 0 Å². The van der Waals surface area contributed by atoms with Gasteiger partial charge in [0.1, 0.15) is 0 Å². The molecule has 1 amide bonds. The quantitative estimate of drug-likeness (QED) is 0.746. The zero-order valence-electron chi connectivity index (χ0n) is 10.7. The van der Waals surface area contributed by atoms with Crippen molar-refractivity contribution in [3.8, 4) is 0 Å². The maximum absolute atomic E-state index is 11.8. The summed E-state index contributed by atoms with van der Waals surface area (Å²) in [5.41, 5.74) is 0.763.